The van der Waals surface area contributed by atoms with Crippen LogP contribution in [0.25, 0.3) is 0 Å². The summed E-state index contributed by atoms with van der Waals surface area (Å²) < 4.78 is 87.0. The van der Waals surface area contributed by atoms with E-state index < -0.39 is 78.3 Å². The van der Waals surface area contributed by atoms with Crippen molar-refractivity contribution in [3.05, 3.63) is 94.5 Å². The number of benzene rings is 3. The van der Waals surface area contributed by atoms with Gasteiger partial charge in [-0.25, -0.2) is 9.59 Å². The highest BCUT2D eigenvalue weighted by Crippen LogP contribution is 2.32. The van der Waals surface area contributed by atoms with Crippen LogP contribution in [-0.2, 0) is 36.2 Å². The molecule has 0 spiro atoms. The number of carbonyl (C=O) groups excluding carboxylic acids is 6. The highest BCUT2D eigenvalue weighted by Gasteiger charge is 2.42. The fourth-order valence-electron chi connectivity index (χ4n) is 4.26. The van der Waals surface area contributed by atoms with Crippen molar-refractivity contribution in [2.75, 3.05) is 23.8 Å². The van der Waals surface area contributed by atoms with Gasteiger partial charge < -0.3 is 20.1 Å². The number of alkyl halides is 6. The maximum atomic E-state index is 13.0. The molecule has 11 nitrogen and oxygen atoms in total. The van der Waals surface area contributed by atoms with Crippen LogP contribution < -0.4 is 10.6 Å². The third-order valence-corrected chi connectivity index (χ3v) is 6.51. The zero-order chi connectivity index (χ0) is 34.7. The summed E-state index contributed by atoms with van der Waals surface area (Å²) in [5.74, 6) is -6.25. The lowest BCUT2D eigenvalue weighted by Crippen LogP contribution is -2.44. The zero-order valence-electron chi connectivity index (χ0n) is 23.8. The Kier molecular flexibility index (Phi) is 9.67. The Morgan fingerprint density at radius 2 is 1.19 bits per heavy atom. The monoisotopic (exact) mass is 665 g/mol. The summed E-state index contributed by atoms with van der Waals surface area (Å²) in [6.45, 7) is -0.748. The SMILES string of the molecule is C[C@H](C(=O)OCC(=O)Nc1cccc(C(F)(F)F)c1)N1C(=O)c2ccc(C(=O)OCC(=O)Nc3cccc(C(F)(F)F)c3)cc2C1=O. The molecule has 4 amide bonds. The molecule has 4 rings (SSSR count). The molecule has 0 radical (unpaired) electrons. The van der Waals surface area contributed by atoms with Crippen molar-refractivity contribution < 1.29 is 64.6 Å². The minimum atomic E-state index is -4.66. The van der Waals surface area contributed by atoms with Crippen molar-refractivity contribution >= 4 is 46.9 Å². The highest BCUT2D eigenvalue weighted by atomic mass is 19.4. The van der Waals surface area contributed by atoms with Crippen LogP contribution in [0.4, 0.5) is 37.7 Å². The second kappa shape index (κ2) is 13.3. The van der Waals surface area contributed by atoms with E-state index in [9.17, 15) is 55.1 Å². The van der Waals surface area contributed by atoms with Crippen LogP contribution in [0.5, 0.6) is 0 Å². The predicted molar refractivity (Wildman–Crippen MR) is 148 cm³/mol. The normalized spacial score (nSPS) is 13.5. The van der Waals surface area contributed by atoms with E-state index in [2.05, 4.69) is 10.6 Å². The van der Waals surface area contributed by atoms with E-state index in [1.54, 1.807) is 0 Å². The standard InChI is InChI=1S/C30H21F6N3O8/c1-15(27(44)46-13-23(40)37-19-6-2-4-17(11-19)29(31,32)33)39-25(42)21-9-8-16(10-22(21)26(39)43)28(45)47-14-24(41)38-20-7-3-5-18(12-20)30(34,35)36/h2-12,15H,13-14H2,1H3,(H,37,40)(H,38,41)/t15-/m1/s1. The minimum absolute atomic E-state index is 0.198. The zero-order valence-corrected chi connectivity index (χ0v) is 23.8. The predicted octanol–water partition coefficient (Wildman–Crippen LogP) is 4.69. The summed E-state index contributed by atoms with van der Waals surface area (Å²) in [5, 5.41) is 4.28. The van der Waals surface area contributed by atoms with E-state index in [0.29, 0.717) is 17.0 Å². The molecule has 0 bridgehead atoms. The second-order valence-corrected chi connectivity index (χ2v) is 9.85. The van der Waals surface area contributed by atoms with Crippen LogP contribution in [0.2, 0.25) is 0 Å². The molecule has 0 unspecified atom stereocenters. The van der Waals surface area contributed by atoms with Crippen LogP contribution in [-0.4, -0.2) is 59.7 Å². The number of ether oxygens (including phenoxy) is 2. The molecule has 47 heavy (non-hydrogen) atoms. The van der Waals surface area contributed by atoms with Gasteiger partial charge in [0.1, 0.15) is 6.04 Å². The largest absolute Gasteiger partial charge is 0.454 e. The van der Waals surface area contributed by atoms with Crippen LogP contribution in [0.15, 0.2) is 66.7 Å². The number of halogens is 6. The third-order valence-electron chi connectivity index (χ3n) is 6.51. The summed E-state index contributed by atoms with van der Waals surface area (Å²) in [5.41, 5.74) is -3.24. The summed E-state index contributed by atoms with van der Waals surface area (Å²) in [7, 11) is 0. The molecule has 1 heterocycles. The average Bonchev–Trinajstić information content (AvgIpc) is 3.26. The summed E-state index contributed by atoms with van der Waals surface area (Å²) >= 11 is 0. The molecule has 0 fully saturated rings. The topological polar surface area (TPSA) is 148 Å². The maximum absolute atomic E-state index is 13.0. The van der Waals surface area contributed by atoms with Gasteiger partial charge in [0, 0.05) is 11.4 Å². The number of esters is 2. The first-order valence-electron chi connectivity index (χ1n) is 13.3. The lowest BCUT2D eigenvalue weighted by atomic mass is 10.1. The van der Waals surface area contributed by atoms with Crippen molar-refractivity contribution in [3.63, 3.8) is 0 Å². The number of hydrogen-bond acceptors (Lipinski definition) is 8. The number of nitrogens with zero attached hydrogens (tertiary/aromatic N) is 1. The van der Waals surface area contributed by atoms with Gasteiger partial charge in [0.05, 0.1) is 27.8 Å². The van der Waals surface area contributed by atoms with Gasteiger partial charge in [0.15, 0.2) is 13.2 Å². The van der Waals surface area contributed by atoms with Crippen molar-refractivity contribution in [3.8, 4) is 0 Å². The van der Waals surface area contributed by atoms with Gasteiger partial charge in [-0.15, -0.1) is 0 Å². The molecule has 0 aromatic heterocycles. The van der Waals surface area contributed by atoms with Gasteiger partial charge in [-0.1, -0.05) is 12.1 Å². The Labute approximate surface area is 260 Å². The fourth-order valence-corrected chi connectivity index (χ4v) is 4.26. The molecule has 0 saturated heterocycles. The summed E-state index contributed by atoms with van der Waals surface area (Å²) in [6.07, 6.45) is -9.31. The van der Waals surface area contributed by atoms with E-state index in [-0.39, 0.29) is 28.1 Å². The van der Waals surface area contributed by atoms with Crippen LogP contribution >= 0.6 is 0 Å². The quantitative estimate of drug-likeness (QED) is 0.190. The smallest absolute Gasteiger partial charge is 0.416 e. The molecule has 246 valence electrons. The summed E-state index contributed by atoms with van der Waals surface area (Å²) in [4.78, 5) is 75.8. The average molecular weight is 665 g/mol. The van der Waals surface area contributed by atoms with Crippen molar-refractivity contribution in [1.82, 2.24) is 4.90 Å². The molecule has 3 aromatic rings. The number of nitrogens with one attached hydrogen (secondary N) is 2. The second-order valence-electron chi connectivity index (χ2n) is 9.85. The molecule has 0 saturated carbocycles. The molecule has 0 aliphatic carbocycles. The third kappa shape index (κ3) is 8.11. The first kappa shape index (κ1) is 34.1. The lowest BCUT2D eigenvalue weighted by Gasteiger charge is -2.20. The molecular weight excluding hydrogens is 644 g/mol. The van der Waals surface area contributed by atoms with Crippen molar-refractivity contribution in [2.45, 2.75) is 25.3 Å². The maximum Gasteiger partial charge on any atom is 0.416 e. The van der Waals surface area contributed by atoms with E-state index >= 15 is 0 Å². The van der Waals surface area contributed by atoms with Crippen molar-refractivity contribution in [1.29, 1.82) is 0 Å². The van der Waals surface area contributed by atoms with Crippen LogP contribution in [0, 0.1) is 0 Å². The Hall–Kier alpha value is -5.74. The van der Waals surface area contributed by atoms with E-state index in [1.165, 1.54) is 12.1 Å². The van der Waals surface area contributed by atoms with Gasteiger partial charge in [-0.3, -0.25) is 24.1 Å². The molecule has 1 aliphatic heterocycles. The van der Waals surface area contributed by atoms with Gasteiger partial charge in [-0.2, -0.15) is 26.3 Å². The number of imide groups is 1. The number of anilines is 2. The number of rotatable bonds is 9. The van der Waals surface area contributed by atoms with Crippen molar-refractivity contribution in [2.24, 2.45) is 0 Å². The Morgan fingerprint density at radius 3 is 1.70 bits per heavy atom. The molecular formula is C30H21F6N3O8. The van der Waals surface area contributed by atoms with E-state index in [1.807, 2.05) is 0 Å². The Balaban J connectivity index is 1.33. The Bertz CT molecular complexity index is 1770. The summed E-state index contributed by atoms with van der Waals surface area (Å²) in [6, 6.07) is 9.03. The first-order valence-corrected chi connectivity index (χ1v) is 13.3. The molecule has 17 heteroatoms. The minimum Gasteiger partial charge on any atom is -0.454 e. The lowest BCUT2D eigenvalue weighted by molar-refractivity contribution is -0.150. The molecule has 1 aliphatic rings. The fraction of sp³-hybridized carbons (Fsp3) is 0.200. The van der Waals surface area contributed by atoms with Gasteiger partial charge >= 0.3 is 24.3 Å². The highest BCUT2D eigenvalue weighted by molar-refractivity contribution is 6.23. The molecule has 3 aromatic carbocycles. The van der Waals surface area contributed by atoms with Crippen LogP contribution in [0.3, 0.4) is 0 Å². The van der Waals surface area contributed by atoms with Gasteiger partial charge in [0.25, 0.3) is 23.6 Å². The van der Waals surface area contributed by atoms with E-state index in [0.717, 1.165) is 49.4 Å². The molecule has 1 atom stereocenters. The number of hydrogen-bond donors (Lipinski definition) is 2. The van der Waals surface area contributed by atoms with Gasteiger partial charge in [-0.05, 0) is 61.5 Å². The number of amides is 4. The van der Waals surface area contributed by atoms with Crippen LogP contribution in [0.1, 0.15) is 49.1 Å². The first-order chi connectivity index (χ1) is 22.0. The van der Waals surface area contributed by atoms with E-state index in [4.69, 9.17) is 9.47 Å². The number of fused-ring (bicyclic) bond motifs is 1. The van der Waals surface area contributed by atoms with Gasteiger partial charge in [0.2, 0.25) is 0 Å². The molecule has 2 N–H and O–H groups in total. The Morgan fingerprint density at radius 1 is 0.702 bits per heavy atom. The number of carbonyl (C=O) groups is 6.